The van der Waals surface area contributed by atoms with Gasteiger partial charge < -0.3 is 10.0 Å². The van der Waals surface area contributed by atoms with Crippen LogP contribution < -0.4 is 0 Å². The van der Waals surface area contributed by atoms with E-state index in [1.165, 1.54) is 0 Å². The Morgan fingerprint density at radius 3 is 2.90 bits per heavy atom. The van der Waals surface area contributed by atoms with Gasteiger partial charge in [0.15, 0.2) is 5.78 Å². The lowest BCUT2D eigenvalue weighted by Crippen LogP contribution is -2.38. The Labute approximate surface area is 131 Å². The van der Waals surface area contributed by atoms with Crippen LogP contribution in [0.15, 0.2) is 24.3 Å². The number of nitrogens with zero attached hydrogens (tertiary/aromatic N) is 2. The second-order valence-electron chi connectivity index (χ2n) is 5.98. The largest absolute Gasteiger partial charge is 0.392 e. The number of β-amino-alcohol motifs (C(OH)–C–C–N with tert-alkyl or cyclic N) is 1. The van der Waals surface area contributed by atoms with Gasteiger partial charge in [0.05, 0.1) is 6.10 Å². The lowest BCUT2D eigenvalue weighted by atomic mass is 10.1. The fraction of sp³-hybridized carbons (Fsp3) is 0.562. The van der Waals surface area contributed by atoms with E-state index >= 15 is 0 Å². The van der Waals surface area contributed by atoms with Crippen LogP contribution in [0.4, 0.5) is 0 Å². The molecule has 1 heterocycles. The molecule has 2 unspecified atom stereocenters. The molecule has 2 rings (SSSR count). The van der Waals surface area contributed by atoms with E-state index in [2.05, 4.69) is 9.80 Å². The first-order valence-electron chi connectivity index (χ1n) is 7.31. The molecule has 0 spiro atoms. The summed E-state index contributed by atoms with van der Waals surface area (Å²) in [5, 5.41) is 10.4. The third-order valence-electron chi connectivity index (χ3n) is 3.85. The van der Waals surface area contributed by atoms with Crippen molar-refractivity contribution >= 4 is 17.4 Å². The van der Waals surface area contributed by atoms with Crippen LogP contribution in [0.3, 0.4) is 0 Å². The second-order valence-corrected chi connectivity index (χ2v) is 6.42. The maximum atomic E-state index is 12.2. The highest BCUT2D eigenvalue weighted by Gasteiger charge is 2.31. The minimum atomic E-state index is -0.281. The van der Waals surface area contributed by atoms with E-state index in [-0.39, 0.29) is 11.9 Å². The molecule has 1 aromatic carbocycles. The number of hydrogen-bond donors (Lipinski definition) is 1. The molecule has 21 heavy (non-hydrogen) atoms. The van der Waals surface area contributed by atoms with Gasteiger partial charge in [0.1, 0.15) is 0 Å². The van der Waals surface area contributed by atoms with E-state index in [4.69, 9.17) is 11.6 Å². The maximum absolute atomic E-state index is 12.2. The first-order chi connectivity index (χ1) is 9.95. The Balaban J connectivity index is 1.90. The highest BCUT2D eigenvalue weighted by atomic mass is 35.5. The Hall–Kier alpha value is -0.940. The van der Waals surface area contributed by atoms with Crippen LogP contribution in [-0.2, 0) is 0 Å². The van der Waals surface area contributed by atoms with Crippen molar-refractivity contribution < 1.29 is 9.90 Å². The summed E-state index contributed by atoms with van der Waals surface area (Å²) < 4.78 is 0. The van der Waals surface area contributed by atoms with Crippen LogP contribution in [0.25, 0.3) is 0 Å². The van der Waals surface area contributed by atoms with Gasteiger partial charge in [0, 0.05) is 42.7 Å². The number of halogens is 1. The molecular formula is C16H23ClN2O2. The number of rotatable bonds is 6. The van der Waals surface area contributed by atoms with Gasteiger partial charge >= 0.3 is 0 Å². The zero-order valence-electron chi connectivity index (χ0n) is 12.6. The molecule has 1 saturated heterocycles. The molecule has 0 bridgehead atoms. The van der Waals surface area contributed by atoms with Crippen molar-refractivity contribution in [3.63, 3.8) is 0 Å². The van der Waals surface area contributed by atoms with Gasteiger partial charge in [-0.25, -0.2) is 0 Å². The molecular weight excluding hydrogens is 288 g/mol. The van der Waals surface area contributed by atoms with Gasteiger partial charge in [-0.3, -0.25) is 9.69 Å². The molecule has 4 nitrogen and oxygen atoms in total. The van der Waals surface area contributed by atoms with Gasteiger partial charge in [0.25, 0.3) is 0 Å². The summed E-state index contributed by atoms with van der Waals surface area (Å²) in [6.45, 7) is 2.24. The third kappa shape index (κ3) is 4.78. The van der Waals surface area contributed by atoms with E-state index in [9.17, 15) is 9.90 Å². The normalized spacial score (nSPS) is 22.9. The number of likely N-dealkylation sites (N-methyl/N-ethyl adjacent to an activating group) is 1. The van der Waals surface area contributed by atoms with Gasteiger partial charge in [-0.2, -0.15) is 0 Å². The van der Waals surface area contributed by atoms with E-state index in [1.54, 1.807) is 24.3 Å². The average molecular weight is 311 g/mol. The number of Topliss-reactive ketones (excluding diaryl/α,β-unsaturated/α-hetero) is 1. The van der Waals surface area contributed by atoms with Crippen molar-refractivity contribution in [3.8, 4) is 0 Å². The lowest BCUT2D eigenvalue weighted by Gasteiger charge is -2.26. The second kappa shape index (κ2) is 7.36. The zero-order valence-corrected chi connectivity index (χ0v) is 13.4. The molecule has 0 aliphatic carbocycles. The number of carbonyl (C=O) groups is 1. The molecule has 1 aromatic rings. The molecule has 5 heteroatoms. The van der Waals surface area contributed by atoms with Crippen molar-refractivity contribution in [3.05, 3.63) is 34.9 Å². The predicted octanol–water partition coefficient (Wildman–Crippen LogP) is 1.91. The average Bonchev–Trinajstić information content (AvgIpc) is 2.75. The van der Waals surface area contributed by atoms with E-state index < -0.39 is 0 Å². The Bertz CT molecular complexity index is 493. The summed E-state index contributed by atoms with van der Waals surface area (Å²) >= 11 is 5.91. The number of aliphatic hydroxyl groups is 1. The highest BCUT2D eigenvalue weighted by molar-refractivity contribution is 6.31. The van der Waals surface area contributed by atoms with Gasteiger partial charge in [-0.05, 0) is 32.6 Å². The summed E-state index contributed by atoms with van der Waals surface area (Å²) in [6.07, 6.45) is 0.955. The molecule has 2 atom stereocenters. The number of hydrogen-bond acceptors (Lipinski definition) is 4. The summed E-state index contributed by atoms with van der Waals surface area (Å²) in [5.41, 5.74) is 0.659. The van der Waals surface area contributed by atoms with Crippen LogP contribution in [-0.4, -0.2) is 66.6 Å². The van der Waals surface area contributed by atoms with Crippen molar-refractivity contribution in [2.24, 2.45) is 0 Å². The van der Waals surface area contributed by atoms with E-state index in [1.807, 2.05) is 14.1 Å². The van der Waals surface area contributed by atoms with Crippen molar-refractivity contribution in [1.29, 1.82) is 0 Å². The van der Waals surface area contributed by atoms with Crippen molar-refractivity contribution in [2.75, 3.05) is 33.7 Å². The van der Waals surface area contributed by atoms with Gasteiger partial charge in [-0.1, -0.05) is 23.7 Å². The SMILES string of the molecule is CN(C)CC1CC(O)CN1CCC(=O)c1cccc(Cl)c1. The molecule has 0 aromatic heterocycles. The standard InChI is InChI=1S/C16H23ClN2O2/c1-18(2)10-14-9-15(20)11-19(14)7-6-16(21)12-4-3-5-13(17)8-12/h3-5,8,14-15,20H,6-7,9-11H2,1-2H3. The minimum absolute atomic E-state index is 0.0995. The smallest absolute Gasteiger partial charge is 0.164 e. The van der Waals surface area contributed by atoms with Crippen LogP contribution in [0.2, 0.25) is 5.02 Å². The highest BCUT2D eigenvalue weighted by Crippen LogP contribution is 2.19. The number of benzene rings is 1. The van der Waals surface area contributed by atoms with Crippen molar-refractivity contribution in [1.82, 2.24) is 9.80 Å². The van der Waals surface area contributed by atoms with Crippen LogP contribution in [0, 0.1) is 0 Å². The molecule has 0 saturated carbocycles. The van der Waals surface area contributed by atoms with E-state index in [0.717, 1.165) is 13.0 Å². The van der Waals surface area contributed by atoms with E-state index in [0.29, 0.717) is 36.1 Å². The monoisotopic (exact) mass is 310 g/mol. The molecule has 1 fully saturated rings. The molecule has 1 N–H and O–H groups in total. The lowest BCUT2D eigenvalue weighted by molar-refractivity contribution is 0.0952. The molecule has 0 amide bonds. The molecule has 0 radical (unpaired) electrons. The summed E-state index contributed by atoms with van der Waals surface area (Å²) in [6, 6.07) is 7.39. The summed E-state index contributed by atoms with van der Waals surface area (Å²) in [7, 11) is 4.06. The first kappa shape index (κ1) is 16.4. The van der Waals surface area contributed by atoms with Crippen LogP contribution in [0.1, 0.15) is 23.2 Å². The quantitative estimate of drug-likeness (QED) is 0.815. The minimum Gasteiger partial charge on any atom is -0.392 e. The first-order valence-corrected chi connectivity index (χ1v) is 7.69. The molecule has 1 aliphatic heterocycles. The maximum Gasteiger partial charge on any atom is 0.164 e. The number of carbonyl (C=O) groups excluding carboxylic acids is 1. The van der Waals surface area contributed by atoms with Crippen LogP contribution >= 0.6 is 11.6 Å². The molecule has 116 valence electrons. The third-order valence-corrected chi connectivity index (χ3v) is 4.09. The number of likely N-dealkylation sites (tertiary alicyclic amines) is 1. The summed E-state index contributed by atoms with van der Waals surface area (Å²) in [4.78, 5) is 16.5. The summed E-state index contributed by atoms with van der Waals surface area (Å²) in [5.74, 6) is 0.0995. The fourth-order valence-corrected chi connectivity index (χ4v) is 3.08. The Kier molecular flexibility index (Phi) is 5.76. The Morgan fingerprint density at radius 1 is 1.48 bits per heavy atom. The molecule has 1 aliphatic rings. The van der Waals surface area contributed by atoms with Crippen molar-refractivity contribution in [2.45, 2.75) is 25.0 Å². The number of aliphatic hydroxyl groups excluding tert-OH is 1. The fourth-order valence-electron chi connectivity index (χ4n) is 2.89. The zero-order chi connectivity index (χ0) is 15.4. The van der Waals surface area contributed by atoms with Gasteiger partial charge in [-0.15, -0.1) is 0 Å². The predicted molar refractivity (Wildman–Crippen MR) is 84.9 cm³/mol. The topological polar surface area (TPSA) is 43.8 Å². The number of ketones is 1. The van der Waals surface area contributed by atoms with Gasteiger partial charge in [0.2, 0.25) is 0 Å². The Morgan fingerprint density at radius 2 is 2.24 bits per heavy atom. The van der Waals surface area contributed by atoms with Crippen LogP contribution in [0.5, 0.6) is 0 Å².